The lowest BCUT2D eigenvalue weighted by molar-refractivity contribution is 0.00578. The summed E-state index contributed by atoms with van der Waals surface area (Å²) in [6.45, 7) is 11.1. The first kappa shape index (κ1) is 13.4. The van der Waals surface area contributed by atoms with E-state index in [1.807, 2.05) is 19.1 Å². The van der Waals surface area contributed by atoms with Gasteiger partial charge in [-0.3, -0.25) is 0 Å². The molecule has 4 nitrogen and oxygen atoms in total. The number of aromatic nitrogens is 1. The Balaban J connectivity index is 2.29. The monoisotopic (exact) mass is 248 g/mol. The summed E-state index contributed by atoms with van der Waals surface area (Å²) in [4.78, 5) is 4.34. The van der Waals surface area contributed by atoms with Crippen LogP contribution in [-0.4, -0.2) is 29.8 Å². The van der Waals surface area contributed by atoms with Crippen molar-refractivity contribution < 1.29 is 9.31 Å². The normalized spacial score (nSPS) is 21.1. The SMILES string of the molecule is CCNc1ncccc1B1OC(C)(C)C(C)(C)O1. The maximum Gasteiger partial charge on any atom is 0.498 e. The molecule has 0 amide bonds. The number of rotatable bonds is 3. The fourth-order valence-corrected chi connectivity index (χ4v) is 1.89. The van der Waals surface area contributed by atoms with Gasteiger partial charge in [0.25, 0.3) is 0 Å². The molecule has 0 bridgehead atoms. The molecule has 1 saturated heterocycles. The Kier molecular flexibility index (Phi) is 3.38. The van der Waals surface area contributed by atoms with Crippen molar-refractivity contribution in [1.29, 1.82) is 0 Å². The third-order valence-electron chi connectivity index (χ3n) is 3.69. The Morgan fingerprint density at radius 3 is 2.39 bits per heavy atom. The number of nitrogens with one attached hydrogen (secondary N) is 1. The van der Waals surface area contributed by atoms with Gasteiger partial charge in [0.05, 0.1) is 11.2 Å². The third-order valence-corrected chi connectivity index (χ3v) is 3.69. The molecule has 5 heteroatoms. The van der Waals surface area contributed by atoms with Crippen LogP contribution in [0.1, 0.15) is 34.6 Å². The second kappa shape index (κ2) is 4.55. The van der Waals surface area contributed by atoms with Crippen molar-refractivity contribution in [3.8, 4) is 0 Å². The Labute approximate surface area is 109 Å². The van der Waals surface area contributed by atoms with Gasteiger partial charge >= 0.3 is 7.12 Å². The minimum atomic E-state index is -0.363. The molecule has 0 atom stereocenters. The molecule has 1 aromatic rings. The molecule has 1 aliphatic heterocycles. The average Bonchev–Trinajstić information content (AvgIpc) is 2.49. The van der Waals surface area contributed by atoms with Gasteiger partial charge in [-0.1, -0.05) is 6.07 Å². The second-order valence-electron chi connectivity index (χ2n) is 5.56. The highest BCUT2D eigenvalue weighted by Crippen LogP contribution is 2.36. The minimum Gasteiger partial charge on any atom is -0.399 e. The molecular weight excluding hydrogens is 227 g/mol. The molecular formula is C13H21BN2O2. The maximum absolute atomic E-state index is 6.03. The fraction of sp³-hybridized carbons (Fsp3) is 0.615. The molecule has 0 saturated carbocycles. The lowest BCUT2D eigenvalue weighted by Crippen LogP contribution is -2.41. The summed E-state index contributed by atoms with van der Waals surface area (Å²) in [6.07, 6.45) is 1.77. The van der Waals surface area contributed by atoms with E-state index in [2.05, 4.69) is 38.0 Å². The zero-order valence-electron chi connectivity index (χ0n) is 11.8. The first-order valence-electron chi connectivity index (χ1n) is 6.42. The molecule has 18 heavy (non-hydrogen) atoms. The molecule has 0 unspecified atom stereocenters. The molecule has 2 rings (SSSR count). The number of pyridine rings is 1. The topological polar surface area (TPSA) is 43.4 Å². The molecule has 1 aromatic heterocycles. The average molecular weight is 248 g/mol. The molecule has 0 aliphatic carbocycles. The number of nitrogens with zero attached hydrogens (tertiary/aromatic N) is 1. The van der Waals surface area contributed by atoms with Gasteiger partial charge in [0, 0.05) is 18.2 Å². The van der Waals surface area contributed by atoms with E-state index in [0.717, 1.165) is 17.8 Å². The smallest absolute Gasteiger partial charge is 0.399 e. The van der Waals surface area contributed by atoms with Gasteiger partial charge in [-0.2, -0.15) is 0 Å². The van der Waals surface area contributed by atoms with Crippen molar-refractivity contribution in [1.82, 2.24) is 4.98 Å². The first-order valence-corrected chi connectivity index (χ1v) is 6.42. The van der Waals surface area contributed by atoms with E-state index >= 15 is 0 Å². The molecule has 98 valence electrons. The van der Waals surface area contributed by atoms with Crippen LogP contribution in [0.15, 0.2) is 18.3 Å². The van der Waals surface area contributed by atoms with Gasteiger partial charge in [-0.15, -0.1) is 0 Å². The summed E-state index contributed by atoms with van der Waals surface area (Å²) in [5.74, 6) is 0.832. The molecule has 1 aliphatic rings. The van der Waals surface area contributed by atoms with Crippen LogP contribution in [0, 0.1) is 0 Å². The quantitative estimate of drug-likeness (QED) is 0.828. The van der Waals surface area contributed by atoms with Crippen LogP contribution in [0.2, 0.25) is 0 Å². The van der Waals surface area contributed by atoms with Crippen LogP contribution in [-0.2, 0) is 9.31 Å². The molecule has 1 N–H and O–H groups in total. The minimum absolute atomic E-state index is 0.322. The number of hydrogen-bond acceptors (Lipinski definition) is 4. The van der Waals surface area contributed by atoms with Crippen LogP contribution in [0.5, 0.6) is 0 Å². The Hall–Kier alpha value is -1.07. The lowest BCUT2D eigenvalue weighted by Gasteiger charge is -2.32. The van der Waals surface area contributed by atoms with E-state index < -0.39 is 0 Å². The van der Waals surface area contributed by atoms with Crippen molar-refractivity contribution >= 4 is 18.4 Å². The number of hydrogen-bond donors (Lipinski definition) is 1. The second-order valence-corrected chi connectivity index (χ2v) is 5.56. The van der Waals surface area contributed by atoms with E-state index in [1.165, 1.54) is 0 Å². The zero-order chi connectivity index (χ0) is 13.4. The lowest BCUT2D eigenvalue weighted by atomic mass is 9.79. The van der Waals surface area contributed by atoms with Crippen LogP contribution < -0.4 is 10.8 Å². The van der Waals surface area contributed by atoms with E-state index in [0.29, 0.717) is 0 Å². The van der Waals surface area contributed by atoms with E-state index in [1.54, 1.807) is 6.20 Å². The van der Waals surface area contributed by atoms with Gasteiger partial charge < -0.3 is 14.6 Å². The summed E-state index contributed by atoms with van der Waals surface area (Å²) in [5.41, 5.74) is 0.312. The third kappa shape index (κ3) is 2.25. The first-order chi connectivity index (χ1) is 8.37. The van der Waals surface area contributed by atoms with Crippen LogP contribution in [0.25, 0.3) is 0 Å². The fourth-order valence-electron chi connectivity index (χ4n) is 1.89. The summed E-state index contributed by atoms with van der Waals surface area (Å²) < 4.78 is 12.1. The van der Waals surface area contributed by atoms with Gasteiger partial charge in [0.15, 0.2) is 0 Å². The van der Waals surface area contributed by atoms with Crippen molar-refractivity contribution in [2.24, 2.45) is 0 Å². The Morgan fingerprint density at radius 1 is 1.22 bits per heavy atom. The van der Waals surface area contributed by atoms with Gasteiger partial charge in [0.2, 0.25) is 0 Å². The van der Waals surface area contributed by atoms with Crippen LogP contribution in [0.3, 0.4) is 0 Å². The largest absolute Gasteiger partial charge is 0.498 e. The van der Waals surface area contributed by atoms with E-state index in [9.17, 15) is 0 Å². The standard InChI is InChI=1S/C13H21BN2O2/c1-6-15-11-10(8-7-9-16-11)14-17-12(2,3)13(4,5)18-14/h7-9H,6H2,1-5H3,(H,15,16). The Bertz CT molecular complexity index is 419. The highest BCUT2D eigenvalue weighted by Gasteiger charge is 2.52. The Morgan fingerprint density at radius 2 is 1.83 bits per heavy atom. The summed E-state index contributed by atoms with van der Waals surface area (Å²) in [6, 6.07) is 3.90. The highest BCUT2D eigenvalue weighted by atomic mass is 16.7. The predicted molar refractivity (Wildman–Crippen MR) is 74.1 cm³/mol. The van der Waals surface area contributed by atoms with Crippen molar-refractivity contribution in [3.63, 3.8) is 0 Å². The maximum atomic E-state index is 6.03. The van der Waals surface area contributed by atoms with E-state index in [4.69, 9.17) is 9.31 Å². The van der Waals surface area contributed by atoms with Gasteiger partial charge in [0.1, 0.15) is 5.82 Å². The zero-order valence-corrected chi connectivity index (χ0v) is 11.8. The molecule has 1 fully saturated rings. The molecule has 2 heterocycles. The van der Waals surface area contributed by atoms with Crippen LogP contribution in [0.4, 0.5) is 5.82 Å². The predicted octanol–water partition coefficient (Wildman–Crippen LogP) is 1.81. The van der Waals surface area contributed by atoms with Gasteiger partial charge in [-0.25, -0.2) is 4.98 Å². The van der Waals surface area contributed by atoms with Crippen LogP contribution >= 0.6 is 0 Å². The summed E-state index contributed by atoms with van der Waals surface area (Å²) in [5, 5.41) is 3.24. The highest BCUT2D eigenvalue weighted by molar-refractivity contribution is 6.63. The van der Waals surface area contributed by atoms with Gasteiger partial charge in [-0.05, 0) is 40.7 Å². The molecule has 0 radical (unpaired) electrons. The summed E-state index contributed by atoms with van der Waals surface area (Å²) >= 11 is 0. The molecule has 0 spiro atoms. The van der Waals surface area contributed by atoms with E-state index in [-0.39, 0.29) is 18.3 Å². The molecule has 0 aromatic carbocycles. The number of anilines is 1. The van der Waals surface area contributed by atoms with Crippen molar-refractivity contribution in [3.05, 3.63) is 18.3 Å². The summed E-state index contributed by atoms with van der Waals surface area (Å²) in [7, 11) is -0.363. The van der Waals surface area contributed by atoms with Crippen molar-refractivity contribution in [2.75, 3.05) is 11.9 Å². The van der Waals surface area contributed by atoms with Crippen molar-refractivity contribution in [2.45, 2.75) is 45.8 Å².